The lowest BCUT2D eigenvalue weighted by Crippen LogP contribution is -2.32. The van der Waals surface area contributed by atoms with Crippen LogP contribution in [0, 0.1) is 5.92 Å². The average Bonchev–Trinajstić information content (AvgIpc) is 2.46. The van der Waals surface area contributed by atoms with E-state index < -0.39 is 25.7 Å². The van der Waals surface area contributed by atoms with Crippen molar-refractivity contribution in [2.75, 3.05) is 0 Å². The highest BCUT2D eigenvalue weighted by Gasteiger charge is 2.31. The number of aliphatic hydroxyl groups is 2. The molecule has 1 aliphatic carbocycles. The Labute approximate surface area is 133 Å². The van der Waals surface area contributed by atoms with Gasteiger partial charge in [-0.05, 0) is 35.9 Å². The van der Waals surface area contributed by atoms with E-state index in [0.29, 0.717) is 5.56 Å². The molecule has 2 rings (SSSR count). The van der Waals surface area contributed by atoms with Crippen molar-refractivity contribution in [3.8, 4) is 5.75 Å². The number of benzene rings is 1. The standard InChI is InChI=1S/C15H18NO6P/c1-9(10-3-2-4-11(17)7-10)15(19)13-8-12(18)5-6-14(13)16-23(20,21)22/h2-9,13,15,17-19H,1H3,(H2,20,21,22)/b16-14+. The predicted molar refractivity (Wildman–Crippen MR) is 85.3 cm³/mol. The Morgan fingerprint density at radius 1 is 1.22 bits per heavy atom. The summed E-state index contributed by atoms with van der Waals surface area (Å²) in [5, 5.41) is 29.7. The van der Waals surface area contributed by atoms with Crippen molar-refractivity contribution < 1.29 is 29.7 Å². The minimum absolute atomic E-state index is 0.0179. The molecule has 23 heavy (non-hydrogen) atoms. The molecule has 5 N–H and O–H groups in total. The number of hydrogen-bond acceptors (Lipinski definition) is 4. The summed E-state index contributed by atoms with van der Waals surface area (Å²) in [7, 11) is -4.67. The zero-order chi connectivity index (χ0) is 17.2. The van der Waals surface area contributed by atoms with Crippen molar-refractivity contribution in [2.24, 2.45) is 10.7 Å². The average molecular weight is 339 g/mol. The Bertz CT molecular complexity index is 720. The van der Waals surface area contributed by atoms with E-state index in [0.717, 1.165) is 0 Å². The normalized spacial score (nSPS) is 22.7. The van der Waals surface area contributed by atoms with E-state index in [-0.39, 0.29) is 17.2 Å². The van der Waals surface area contributed by atoms with Crippen LogP contribution < -0.4 is 0 Å². The summed E-state index contributed by atoms with van der Waals surface area (Å²) in [6.07, 6.45) is 2.70. The first kappa shape index (κ1) is 17.4. The fourth-order valence-electron chi connectivity index (χ4n) is 2.45. The summed E-state index contributed by atoms with van der Waals surface area (Å²) in [5.41, 5.74) is 0.631. The fraction of sp³-hybridized carbons (Fsp3) is 0.267. The first-order valence-corrected chi connectivity index (χ1v) is 8.45. The van der Waals surface area contributed by atoms with Crippen molar-refractivity contribution in [1.82, 2.24) is 0 Å². The van der Waals surface area contributed by atoms with Gasteiger partial charge in [-0.15, -0.1) is 0 Å². The van der Waals surface area contributed by atoms with E-state index in [1.54, 1.807) is 19.1 Å². The first-order valence-electron chi connectivity index (χ1n) is 6.89. The molecule has 1 aromatic carbocycles. The van der Waals surface area contributed by atoms with Gasteiger partial charge < -0.3 is 25.1 Å². The smallest absolute Gasteiger partial charge is 0.448 e. The fourth-order valence-corrected chi connectivity index (χ4v) is 2.95. The Morgan fingerprint density at radius 3 is 2.52 bits per heavy atom. The maximum Gasteiger partial charge on any atom is 0.448 e. The molecular weight excluding hydrogens is 321 g/mol. The molecule has 3 unspecified atom stereocenters. The maximum atomic E-state index is 11.1. The highest BCUT2D eigenvalue weighted by atomic mass is 31.2. The van der Waals surface area contributed by atoms with Gasteiger partial charge in [0.15, 0.2) is 0 Å². The number of nitrogens with zero attached hydrogens (tertiary/aromatic N) is 1. The molecule has 0 aromatic heterocycles. The third-order valence-corrected chi connectivity index (χ3v) is 4.13. The van der Waals surface area contributed by atoms with Gasteiger partial charge in [0.05, 0.1) is 11.8 Å². The van der Waals surface area contributed by atoms with Gasteiger partial charge >= 0.3 is 7.75 Å². The molecule has 8 heteroatoms. The Hall–Kier alpha value is -1.92. The van der Waals surface area contributed by atoms with Crippen molar-refractivity contribution >= 4 is 13.5 Å². The second-order valence-corrected chi connectivity index (χ2v) is 6.59. The van der Waals surface area contributed by atoms with Crippen LogP contribution in [0.1, 0.15) is 18.4 Å². The van der Waals surface area contributed by atoms with Crippen LogP contribution in [0.25, 0.3) is 0 Å². The molecule has 0 saturated carbocycles. The number of aromatic hydroxyl groups is 1. The first-order chi connectivity index (χ1) is 10.7. The molecule has 0 aliphatic heterocycles. The predicted octanol–water partition coefficient (Wildman–Crippen LogP) is 2.02. The van der Waals surface area contributed by atoms with Crippen LogP contribution in [0.15, 0.2) is 53.0 Å². The Kier molecular flexibility index (Phi) is 5.06. The van der Waals surface area contributed by atoms with Crippen LogP contribution in [-0.4, -0.2) is 36.9 Å². The zero-order valence-electron chi connectivity index (χ0n) is 12.3. The van der Waals surface area contributed by atoms with Crippen LogP contribution in [0.2, 0.25) is 0 Å². The molecule has 7 nitrogen and oxygen atoms in total. The summed E-state index contributed by atoms with van der Waals surface area (Å²) in [4.78, 5) is 18.0. The largest absolute Gasteiger partial charge is 0.508 e. The van der Waals surface area contributed by atoms with Gasteiger partial charge in [-0.25, -0.2) is 4.57 Å². The van der Waals surface area contributed by atoms with Crippen LogP contribution >= 0.6 is 7.75 Å². The molecular formula is C15H18NO6P. The van der Waals surface area contributed by atoms with Crippen molar-refractivity contribution in [3.05, 3.63) is 53.8 Å². The van der Waals surface area contributed by atoms with Gasteiger partial charge in [-0.2, -0.15) is 4.76 Å². The SMILES string of the molecule is CC(c1cccc(O)c1)C(O)C1C=C(O)C=C/C1=N\P(=O)(O)O. The van der Waals surface area contributed by atoms with Gasteiger partial charge in [0.2, 0.25) is 0 Å². The third-order valence-electron chi connectivity index (χ3n) is 3.64. The van der Waals surface area contributed by atoms with E-state index in [1.165, 1.54) is 30.4 Å². The molecule has 0 saturated heterocycles. The van der Waals surface area contributed by atoms with E-state index in [1.807, 2.05) is 0 Å². The molecule has 0 radical (unpaired) electrons. The number of hydrogen-bond donors (Lipinski definition) is 5. The molecule has 124 valence electrons. The van der Waals surface area contributed by atoms with Crippen LogP contribution in [-0.2, 0) is 4.57 Å². The van der Waals surface area contributed by atoms with E-state index in [4.69, 9.17) is 9.79 Å². The summed E-state index contributed by atoms with van der Waals surface area (Å²) in [6, 6.07) is 6.34. The Morgan fingerprint density at radius 2 is 1.91 bits per heavy atom. The van der Waals surface area contributed by atoms with Crippen LogP contribution in [0.5, 0.6) is 5.75 Å². The van der Waals surface area contributed by atoms with Gasteiger partial charge in [0.25, 0.3) is 0 Å². The van der Waals surface area contributed by atoms with Crippen LogP contribution in [0.3, 0.4) is 0 Å². The summed E-state index contributed by atoms with van der Waals surface area (Å²) >= 11 is 0. The number of phenols is 1. The van der Waals surface area contributed by atoms with Crippen molar-refractivity contribution in [2.45, 2.75) is 18.9 Å². The molecule has 0 amide bonds. The molecule has 0 bridgehead atoms. The second-order valence-electron chi connectivity index (χ2n) is 5.36. The highest BCUT2D eigenvalue weighted by Crippen LogP contribution is 2.39. The molecule has 3 atom stereocenters. The molecule has 0 fully saturated rings. The van der Waals surface area contributed by atoms with Gasteiger partial charge in [-0.3, -0.25) is 0 Å². The lowest BCUT2D eigenvalue weighted by molar-refractivity contribution is 0.129. The van der Waals surface area contributed by atoms with E-state index in [2.05, 4.69) is 4.76 Å². The number of aliphatic hydroxyl groups excluding tert-OH is 2. The van der Waals surface area contributed by atoms with Gasteiger partial charge in [0, 0.05) is 11.8 Å². The quantitative estimate of drug-likeness (QED) is 0.533. The lowest BCUT2D eigenvalue weighted by Gasteiger charge is -2.28. The monoisotopic (exact) mass is 339 g/mol. The zero-order valence-corrected chi connectivity index (χ0v) is 13.2. The molecule has 0 heterocycles. The number of allylic oxidation sites excluding steroid dienone is 2. The minimum Gasteiger partial charge on any atom is -0.508 e. The van der Waals surface area contributed by atoms with E-state index >= 15 is 0 Å². The lowest BCUT2D eigenvalue weighted by atomic mass is 9.82. The molecule has 1 aliphatic rings. The number of rotatable bonds is 4. The minimum atomic E-state index is -4.67. The highest BCUT2D eigenvalue weighted by molar-refractivity contribution is 7.50. The summed E-state index contributed by atoms with van der Waals surface area (Å²) < 4.78 is 14.4. The summed E-state index contributed by atoms with van der Waals surface area (Å²) in [5.74, 6) is -1.43. The molecule has 0 spiro atoms. The van der Waals surface area contributed by atoms with Gasteiger partial charge in [-0.1, -0.05) is 19.1 Å². The summed E-state index contributed by atoms with van der Waals surface area (Å²) in [6.45, 7) is 1.71. The second kappa shape index (κ2) is 6.68. The number of phenolic OH excluding ortho intramolecular Hbond substituents is 1. The van der Waals surface area contributed by atoms with Crippen LogP contribution in [0.4, 0.5) is 0 Å². The Balaban J connectivity index is 2.34. The third kappa shape index (κ3) is 4.53. The topological polar surface area (TPSA) is 131 Å². The maximum absolute atomic E-state index is 11.1. The van der Waals surface area contributed by atoms with Crippen molar-refractivity contribution in [3.63, 3.8) is 0 Å². The van der Waals surface area contributed by atoms with Crippen molar-refractivity contribution in [1.29, 1.82) is 0 Å². The molecule has 1 aromatic rings. The van der Waals surface area contributed by atoms with E-state index in [9.17, 15) is 19.9 Å². The van der Waals surface area contributed by atoms with Gasteiger partial charge in [0.1, 0.15) is 11.5 Å².